The summed E-state index contributed by atoms with van der Waals surface area (Å²) in [5, 5.41) is 3.40. The summed E-state index contributed by atoms with van der Waals surface area (Å²) in [7, 11) is 2.08. The van der Waals surface area contributed by atoms with Gasteiger partial charge in [0.15, 0.2) is 0 Å². The van der Waals surface area contributed by atoms with Gasteiger partial charge in [-0.3, -0.25) is 0 Å². The average Bonchev–Trinajstić information content (AvgIpc) is 2.18. The van der Waals surface area contributed by atoms with Gasteiger partial charge in [-0.15, -0.1) is 0 Å². The number of hydrogen-bond donors (Lipinski definition) is 1. The Morgan fingerprint density at radius 2 is 2.29 bits per heavy atom. The molecule has 0 radical (unpaired) electrons. The second-order valence-corrected chi connectivity index (χ2v) is 4.32. The minimum Gasteiger partial charge on any atom is -0.317 e. The number of likely N-dealkylation sites (tertiary alicyclic amines) is 1. The molecule has 14 heavy (non-hydrogen) atoms. The molecular weight excluding hydrogens is 172 g/mol. The Balaban J connectivity index is 2.24. The molecule has 0 amide bonds. The molecule has 1 N–H and O–H groups in total. The van der Waals surface area contributed by atoms with Gasteiger partial charge in [-0.05, 0) is 39.3 Å². The van der Waals surface area contributed by atoms with Gasteiger partial charge >= 0.3 is 0 Å². The fourth-order valence-corrected chi connectivity index (χ4v) is 2.29. The van der Waals surface area contributed by atoms with Crippen LogP contribution in [0, 0.1) is 5.92 Å². The van der Waals surface area contributed by atoms with Crippen molar-refractivity contribution in [2.75, 3.05) is 26.7 Å². The largest absolute Gasteiger partial charge is 0.317 e. The van der Waals surface area contributed by atoms with Crippen LogP contribution in [0.15, 0.2) is 12.2 Å². The first-order valence-electron chi connectivity index (χ1n) is 5.78. The topological polar surface area (TPSA) is 15.3 Å². The van der Waals surface area contributed by atoms with Crippen LogP contribution in [0.25, 0.3) is 0 Å². The Morgan fingerprint density at radius 3 is 2.86 bits per heavy atom. The highest BCUT2D eigenvalue weighted by Crippen LogP contribution is 2.16. The van der Waals surface area contributed by atoms with E-state index in [1.165, 1.54) is 32.5 Å². The molecule has 2 atom stereocenters. The summed E-state index contributed by atoms with van der Waals surface area (Å²) < 4.78 is 0. The van der Waals surface area contributed by atoms with E-state index in [9.17, 15) is 0 Å². The summed E-state index contributed by atoms with van der Waals surface area (Å²) in [6, 6.07) is 0.730. The van der Waals surface area contributed by atoms with E-state index in [4.69, 9.17) is 0 Å². The molecule has 0 saturated carbocycles. The molecule has 0 bridgehead atoms. The lowest BCUT2D eigenvalue weighted by Crippen LogP contribution is -2.47. The summed E-state index contributed by atoms with van der Waals surface area (Å²) in [6.07, 6.45) is 6.90. The summed E-state index contributed by atoms with van der Waals surface area (Å²) in [5.74, 6) is 0.791. The summed E-state index contributed by atoms with van der Waals surface area (Å²) in [6.45, 7) is 8.18. The monoisotopic (exact) mass is 196 g/mol. The average molecular weight is 196 g/mol. The lowest BCUT2D eigenvalue weighted by molar-refractivity contribution is 0.153. The first-order valence-corrected chi connectivity index (χ1v) is 5.78. The SMILES string of the molecule is C/C=C/CCN1CCC(NC)C(C)C1. The molecule has 1 rings (SSSR count). The van der Waals surface area contributed by atoms with E-state index in [-0.39, 0.29) is 0 Å². The zero-order valence-electron chi connectivity index (χ0n) is 9.79. The van der Waals surface area contributed by atoms with Gasteiger partial charge in [0.05, 0.1) is 0 Å². The highest BCUT2D eigenvalue weighted by atomic mass is 15.1. The van der Waals surface area contributed by atoms with Gasteiger partial charge in [-0.2, -0.15) is 0 Å². The van der Waals surface area contributed by atoms with Crippen molar-refractivity contribution in [1.29, 1.82) is 0 Å². The number of nitrogens with zero attached hydrogens (tertiary/aromatic N) is 1. The Bertz CT molecular complexity index is 177. The van der Waals surface area contributed by atoms with Crippen LogP contribution in [-0.2, 0) is 0 Å². The van der Waals surface area contributed by atoms with Crippen LogP contribution in [0.2, 0.25) is 0 Å². The highest BCUT2D eigenvalue weighted by molar-refractivity contribution is 4.84. The van der Waals surface area contributed by atoms with Crippen molar-refractivity contribution in [2.24, 2.45) is 5.92 Å². The van der Waals surface area contributed by atoms with Crippen molar-refractivity contribution in [2.45, 2.75) is 32.7 Å². The molecule has 1 saturated heterocycles. The van der Waals surface area contributed by atoms with Crippen molar-refractivity contribution in [3.8, 4) is 0 Å². The van der Waals surface area contributed by atoms with Crippen molar-refractivity contribution >= 4 is 0 Å². The van der Waals surface area contributed by atoms with E-state index >= 15 is 0 Å². The molecule has 82 valence electrons. The molecule has 1 aliphatic heterocycles. The second-order valence-electron chi connectivity index (χ2n) is 4.32. The van der Waals surface area contributed by atoms with Gasteiger partial charge < -0.3 is 10.2 Å². The van der Waals surface area contributed by atoms with E-state index in [0.29, 0.717) is 0 Å². The van der Waals surface area contributed by atoms with Gasteiger partial charge in [0, 0.05) is 19.1 Å². The smallest absolute Gasteiger partial charge is 0.0114 e. The summed E-state index contributed by atoms with van der Waals surface area (Å²) in [5.41, 5.74) is 0. The molecule has 2 nitrogen and oxygen atoms in total. The third kappa shape index (κ3) is 3.43. The van der Waals surface area contributed by atoms with Crippen LogP contribution in [0.3, 0.4) is 0 Å². The predicted octanol–water partition coefficient (Wildman–Crippen LogP) is 1.88. The minimum absolute atomic E-state index is 0.730. The normalized spacial score (nSPS) is 29.9. The molecule has 0 aromatic rings. The van der Waals surface area contributed by atoms with E-state index in [1.54, 1.807) is 0 Å². The van der Waals surface area contributed by atoms with Gasteiger partial charge in [0.25, 0.3) is 0 Å². The fraction of sp³-hybridized carbons (Fsp3) is 0.833. The predicted molar refractivity (Wildman–Crippen MR) is 62.5 cm³/mol. The van der Waals surface area contributed by atoms with Crippen molar-refractivity contribution in [3.05, 3.63) is 12.2 Å². The van der Waals surface area contributed by atoms with E-state index in [2.05, 4.69) is 43.3 Å². The number of piperidine rings is 1. The second kappa shape index (κ2) is 6.20. The Kier molecular flexibility index (Phi) is 5.20. The maximum Gasteiger partial charge on any atom is 0.0114 e. The first kappa shape index (κ1) is 11.7. The summed E-state index contributed by atoms with van der Waals surface area (Å²) in [4.78, 5) is 2.58. The Hall–Kier alpha value is -0.340. The molecule has 0 spiro atoms. The Morgan fingerprint density at radius 1 is 1.50 bits per heavy atom. The van der Waals surface area contributed by atoms with Crippen LogP contribution in [-0.4, -0.2) is 37.6 Å². The first-order chi connectivity index (χ1) is 6.77. The molecule has 1 aliphatic rings. The molecule has 2 unspecified atom stereocenters. The number of rotatable bonds is 4. The van der Waals surface area contributed by atoms with Gasteiger partial charge in [0.2, 0.25) is 0 Å². The minimum atomic E-state index is 0.730. The fourth-order valence-electron chi connectivity index (χ4n) is 2.29. The summed E-state index contributed by atoms with van der Waals surface area (Å²) >= 11 is 0. The number of nitrogens with one attached hydrogen (secondary N) is 1. The molecule has 0 aromatic heterocycles. The molecule has 2 heteroatoms. The Labute approximate surface area is 88.4 Å². The standard InChI is InChI=1S/C12H24N2/c1-4-5-6-8-14-9-7-12(13-3)11(2)10-14/h4-5,11-13H,6-10H2,1-3H3/b5-4+. The molecular formula is C12H24N2. The third-order valence-corrected chi connectivity index (χ3v) is 3.21. The number of hydrogen-bond acceptors (Lipinski definition) is 2. The highest BCUT2D eigenvalue weighted by Gasteiger charge is 2.23. The van der Waals surface area contributed by atoms with Crippen LogP contribution in [0.5, 0.6) is 0 Å². The quantitative estimate of drug-likeness (QED) is 0.691. The molecule has 1 fully saturated rings. The van der Waals surface area contributed by atoms with Crippen molar-refractivity contribution in [3.63, 3.8) is 0 Å². The van der Waals surface area contributed by atoms with E-state index in [1.807, 2.05) is 0 Å². The van der Waals surface area contributed by atoms with Crippen molar-refractivity contribution < 1.29 is 0 Å². The van der Waals surface area contributed by atoms with E-state index < -0.39 is 0 Å². The van der Waals surface area contributed by atoms with Gasteiger partial charge in [-0.25, -0.2) is 0 Å². The van der Waals surface area contributed by atoms with Crippen LogP contribution >= 0.6 is 0 Å². The van der Waals surface area contributed by atoms with Gasteiger partial charge in [0.1, 0.15) is 0 Å². The van der Waals surface area contributed by atoms with Crippen LogP contribution in [0.1, 0.15) is 26.7 Å². The van der Waals surface area contributed by atoms with Crippen LogP contribution < -0.4 is 5.32 Å². The lowest BCUT2D eigenvalue weighted by Gasteiger charge is -2.36. The molecule has 0 aliphatic carbocycles. The molecule has 0 aromatic carbocycles. The zero-order chi connectivity index (χ0) is 10.4. The maximum absolute atomic E-state index is 3.40. The maximum atomic E-state index is 3.40. The third-order valence-electron chi connectivity index (χ3n) is 3.21. The molecule has 1 heterocycles. The van der Waals surface area contributed by atoms with Crippen molar-refractivity contribution in [1.82, 2.24) is 10.2 Å². The number of allylic oxidation sites excluding steroid dienone is 1. The lowest BCUT2D eigenvalue weighted by atomic mass is 9.94. The van der Waals surface area contributed by atoms with Gasteiger partial charge in [-0.1, -0.05) is 19.1 Å². The zero-order valence-corrected chi connectivity index (χ0v) is 9.79. The van der Waals surface area contributed by atoms with Crippen LogP contribution in [0.4, 0.5) is 0 Å². The van der Waals surface area contributed by atoms with E-state index in [0.717, 1.165) is 12.0 Å².